The maximum Gasteiger partial charge on any atom is 0.155 e. The zero-order valence-electron chi connectivity index (χ0n) is 8.53. The van der Waals surface area contributed by atoms with E-state index in [1.165, 1.54) is 6.92 Å². The largest absolute Gasteiger partial charge is 0.298 e. The number of hydrogen-bond acceptors (Lipinski definition) is 3. The van der Waals surface area contributed by atoms with Crippen LogP contribution in [-0.2, 0) is 10.2 Å². The number of carbonyl (C=O) groups is 1. The fourth-order valence-electron chi connectivity index (χ4n) is 1.13. The summed E-state index contributed by atoms with van der Waals surface area (Å²) < 4.78 is 0. The van der Waals surface area contributed by atoms with Gasteiger partial charge >= 0.3 is 0 Å². The second-order valence-corrected chi connectivity index (χ2v) is 3.51. The van der Waals surface area contributed by atoms with Gasteiger partial charge in [-0.25, -0.2) is 0 Å². The van der Waals surface area contributed by atoms with E-state index in [4.69, 9.17) is 5.26 Å². The van der Waals surface area contributed by atoms with Gasteiger partial charge in [0.2, 0.25) is 0 Å². The first kappa shape index (κ1) is 10.4. The van der Waals surface area contributed by atoms with Crippen LogP contribution in [0.2, 0.25) is 0 Å². The fraction of sp³-hybridized carbons (Fsp3) is 0.364. The molecule has 0 N–H and O–H groups in total. The summed E-state index contributed by atoms with van der Waals surface area (Å²) in [5, 5.41) is 8.99. The average molecular weight is 188 g/mol. The van der Waals surface area contributed by atoms with Crippen LogP contribution in [0.25, 0.3) is 0 Å². The van der Waals surface area contributed by atoms with Crippen LogP contribution < -0.4 is 0 Å². The van der Waals surface area contributed by atoms with Gasteiger partial charge in [-0.15, -0.1) is 0 Å². The topological polar surface area (TPSA) is 53.8 Å². The van der Waals surface area contributed by atoms with E-state index in [0.717, 1.165) is 5.56 Å². The summed E-state index contributed by atoms with van der Waals surface area (Å²) in [7, 11) is 0. The molecule has 14 heavy (non-hydrogen) atoms. The number of nitriles is 1. The number of pyridine rings is 1. The van der Waals surface area contributed by atoms with Gasteiger partial charge in [0.1, 0.15) is 0 Å². The second kappa shape index (κ2) is 3.59. The molecule has 0 aliphatic carbocycles. The van der Waals surface area contributed by atoms with Crippen LogP contribution in [0, 0.1) is 18.3 Å². The predicted molar refractivity (Wildman–Crippen MR) is 52.6 cm³/mol. The van der Waals surface area contributed by atoms with Crippen molar-refractivity contribution in [1.29, 1.82) is 5.26 Å². The Morgan fingerprint density at radius 1 is 1.64 bits per heavy atom. The van der Waals surface area contributed by atoms with E-state index >= 15 is 0 Å². The third-order valence-corrected chi connectivity index (χ3v) is 2.36. The lowest BCUT2D eigenvalue weighted by molar-refractivity contribution is -0.120. The van der Waals surface area contributed by atoms with Crippen molar-refractivity contribution in [2.24, 2.45) is 0 Å². The molecular weight excluding hydrogens is 176 g/mol. The molecule has 72 valence electrons. The number of aryl methyl sites for hydroxylation is 1. The molecule has 1 rings (SSSR count). The van der Waals surface area contributed by atoms with Crippen molar-refractivity contribution < 1.29 is 4.79 Å². The summed E-state index contributed by atoms with van der Waals surface area (Å²) in [6, 6.07) is 5.61. The highest BCUT2D eigenvalue weighted by Gasteiger charge is 2.33. The van der Waals surface area contributed by atoms with Crippen LogP contribution in [0.3, 0.4) is 0 Å². The maximum atomic E-state index is 11.3. The number of rotatable bonds is 2. The minimum Gasteiger partial charge on any atom is -0.298 e. The number of hydrogen-bond donors (Lipinski definition) is 0. The predicted octanol–water partition coefficient (Wildman–Crippen LogP) is 1.76. The lowest BCUT2D eigenvalue weighted by atomic mass is 9.84. The van der Waals surface area contributed by atoms with E-state index in [-0.39, 0.29) is 5.78 Å². The zero-order valence-corrected chi connectivity index (χ0v) is 8.53. The lowest BCUT2D eigenvalue weighted by Gasteiger charge is -2.17. The first-order valence-electron chi connectivity index (χ1n) is 4.36. The fourth-order valence-corrected chi connectivity index (χ4v) is 1.13. The monoisotopic (exact) mass is 188 g/mol. The normalized spacial score (nSPS) is 14.1. The van der Waals surface area contributed by atoms with Crippen molar-refractivity contribution in [3.05, 3.63) is 29.6 Å². The Morgan fingerprint density at radius 2 is 2.29 bits per heavy atom. The lowest BCUT2D eigenvalue weighted by Crippen LogP contribution is -2.29. The molecule has 0 bridgehead atoms. The van der Waals surface area contributed by atoms with Gasteiger partial charge in [-0.1, -0.05) is 0 Å². The summed E-state index contributed by atoms with van der Waals surface area (Å²) >= 11 is 0. The standard InChI is InChI=1S/C11H12N2O/c1-8-4-5-13-10(6-8)11(3,7-12)9(2)14/h4-6H,1-3H3. The van der Waals surface area contributed by atoms with Crippen LogP contribution in [0.15, 0.2) is 18.3 Å². The molecule has 0 saturated carbocycles. The number of ketones is 1. The molecule has 1 aromatic rings. The summed E-state index contributed by atoms with van der Waals surface area (Å²) in [6.07, 6.45) is 1.61. The van der Waals surface area contributed by atoms with Crippen molar-refractivity contribution >= 4 is 5.78 Å². The van der Waals surface area contributed by atoms with Crippen LogP contribution in [0.1, 0.15) is 25.1 Å². The Hall–Kier alpha value is -1.69. The molecule has 0 fully saturated rings. The molecule has 3 nitrogen and oxygen atoms in total. The molecule has 0 aliphatic heterocycles. The van der Waals surface area contributed by atoms with Crippen LogP contribution in [-0.4, -0.2) is 10.8 Å². The van der Waals surface area contributed by atoms with Gasteiger partial charge in [-0.3, -0.25) is 9.78 Å². The zero-order chi connectivity index (χ0) is 10.8. The van der Waals surface area contributed by atoms with Gasteiger partial charge in [-0.2, -0.15) is 5.26 Å². The quantitative estimate of drug-likeness (QED) is 0.710. The first-order chi connectivity index (χ1) is 6.50. The summed E-state index contributed by atoms with van der Waals surface area (Å²) in [6.45, 7) is 4.91. The highest BCUT2D eigenvalue weighted by Crippen LogP contribution is 2.22. The van der Waals surface area contributed by atoms with Gasteiger partial charge < -0.3 is 0 Å². The Bertz CT molecular complexity index is 406. The van der Waals surface area contributed by atoms with Crippen molar-refractivity contribution in [2.75, 3.05) is 0 Å². The molecule has 1 atom stereocenters. The van der Waals surface area contributed by atoms with E-state index in [2.05, 4.69) is 4.98 Å². The Balaban J connectivity index is 3.28. The Labute approximate surface area is 83.4 Å². The molecular formula is C11H12N2O. The average Bonchev–Trinajstić information content (AvgIpc) is 2.16. The van der Waals surface area contributed by atoms with Crippen LogP contribution in [0.5, 0.6) is 0 Å². The molecule has 0 saturated heterocycles. The Morgan fingerprint density at radius 3 is 2.71 bits per heavy atom. The molecule has 3 heteroatoms. The van der Waals surface area contributed by atoms with E-state index in [9.17, 15) is 4.79 Å². The molecule has 1 unspecified atom stereocenters. The molecule has 0 aliphatic rings. The third-order valence-electron chi connectivity index (χ3n) is 2.36. The molecule has 0 aromatic carbocycles. The summed E-state index contributed by atoms with van der Waals surface area (Å²) in [4.78, 5) is 15.4. The molecule has 0 radical (unpaired) electrons. The smallest absolute Gasteiger partial charge is 0.155 e. The van der Waals surface area contributed by atoms with Crippen molar-refractivity contribution in [3.8, 4) is 6.07 Å². The van der Waals surface area contributed by atoms with Crippen molar-refractivity contribution in [3.63, 3.8) is 0 Å². The van der Waals surface area contributed by atoms with Crippen LogP contribution in [0.4, 0.5) is 0 Å². The van der Waals surface area contributed by atoms with Gasteiger partial charge in [0.05, 0.1) is 11.8 Å². The van der Waals surface area contributed by atoms with Crippen molar-refractivity contribution in [1.82, 2.24) is 4.98 Å². The van der Waals surface area contributed by atoms with E-state index < -0.39 is 5.41 Å². The van der Waals surface area contributed by atoms with Crippen LogP contribution >= 0.6 is 0 Å². The number of Topliss-reactive ketones (excluding diaryl/α,β-unsaturated/α-hetero) is 1. The molecule has 1 heterocycles. The second-order valence-electron chi connectivity index (χ2n) is 3.51. The SMILES string of the molecule is CC(=O)C(C)(C#N)c1cc(C)ccn1. The van der Waals surface area contributed by atoms with Crippen molar-refractivity contribution in [2.45, 2.75) is 26.2 Å². The van der Waals surface area contributed by atoms with Gasteiger partial charge in [-0.05, 0) is 38.5 Å². The summed E-state index contributed by atoms with van der Waals surface area (Å²) in [5.74, 6) is -0.182. The minimum atomic E-state index is -1.12. The first-order valence-corrected chi connectivity index (χ1v) is 4.36. The summed E-state index contributed by atoms with van der Waals surface area (Å²) in [5.41, 5.74) is 0.400. The highest BCUT2D eigenvalue weighted by atomic mass is 16.1. The van der Waals surface area contributed by atoms with E-state index in [1.54, 1.807) is 19.2 Å². The molecule has 0 spiro atoms. The molecule has 1 aromatic heterocycles. The van der Waals surface area contributed by atoms with Gasteiger partial charge in [0, 0.05) is 6.20 Å². The van der Waals surface area contributed by atoms with Gasteiger partial charge in [0.25, 0.3) is 0 Å². The highest BCUT2D eigenvalue weighted by molar-refractivity contribution is 5.90. The Kier molecular flexibility index (Phi) is 2.66. The van der Waals surface area contributed by atoms with E-state index in [0.29, 0.717) is 5.69 Å². The molecule has 0 amide bonds. The number of carbonyl (C=O) groups excluding carboxylic acids is 1. The number of aromatic nitrogens is 1. The number of nitrogens with zero attached hydrogens (tertiary/aromatic N) is 2. The maximum absolute atomic E-state index is 11.3. The third kappa shape index (κ3) is 1.64. The minimum absolute atomic E-state index is 0.182. The van der Waals surface area contributed by atoms with Gasteiger partial charge in [0.15, 0.2) is 11.2 Å². The van der Waals surface area contributed by atoms with E-state index in [1.807, 2.05) is 19.1 Å².